The first-order valence-electron chi connectivity index (χ1n) is 9.58. The zero-order chi connectivity index (χ0) is 21.5. The van der Waals surface area contributed by atoms with Crippen molar-refractivity contribution in [1.82, 2.24) is 10.3 Å². The number of anilines is 2. The lowest BCUT2D eigenvalue weighted by Crippen LogP contribution is -2.34. The van der Waals surface area contributed by atoms with Crippen LogP contribution in [0.4, 0.5) is 16.2 Å². The van der Waals surface area contributed by atoms with E-state index in [4.69, 9.17) is 16.0 Å². The lowest BCUT2D eigenvalue weighted by molar-refractivity contribution is -0.116. The average molecular weight is 427 g/mol. The number of carbonyl (C=O) groups is 2. The number of rotatable bonds is 7. The Hall–Kier alpha value is -3.32. The number of hydrogen-bond acceptors (Lipinski definition) is 4. The molecule has 0 bridgehead atoms. The fraction of sp³-hybridized carbons (Fsp3) is 0.227. The zero-order valence-corrected chi connectivity index (χ0v) is 17.5. The van der Waals surface area contributed by atoms with E-state index in [1.54, 1.807) is 42.6 Å². The SMILES string of the molecule is CC(C)NC(=O)Nc1ccccc1NC(=O)CCc1ncc(-c2ccc(Cl)cc2)o1. The molecule has 156 valence electrons. The molecule has 0 unspecified atom stereocenters. The van der Waals surface area contributed by atoms with Gasteiger partial charge in [-0.1, -0.05) is 23.7 Å². The Kier molecular flexibility index (Phi) is 7.08. The van der Waals surface area contributed by atoms with Crippen LogP contribution in [0.25, 0.3) is 11.3 Å². The molecule has 0 saturated heterocycles. The fourth-order valence-electron chi connectivity index (χ4n) is 2.73. The highest BCUT2D eigenvalue weighted by molar-refractivity contribution is 6.30. The summed E-state index contributed by atoms with van der Waals surface area (Å²) >= 11 is 5.90. The van der Waals surface area contributed by atoms with E-state index in [0.717, 1.165) is 5.56 Å². The van der Waals surface area contributed by atoms with Gasteiger partial charge in [-0.25, -0.2) is 9.78 Å². The van der Waals surface area contributed by atoms with Gasteiger partial charge in [-0.3, -0.25) is 4.79 Å². The van der Waals surface area contributed by atoms with Gasteiger partial charge in [0, 0.05) is 29.5 Å². The normalized spacial score (nSPS) is 10.7. The third-order valence-electron chi connectivity index (χ3n) is 4.12. The summed E-state index contributed by atoms with van der Waals surface area (Å²) in [5.74, 6) is 0.880. The Labute approximate surface area is 179 Å². The highest BCUT2D eigenvalue weighted by Crippen LogP contribution is 2.24. The van der Waals surface area contributed by atoms with Crippen molar-refractivity contribution in [2.75, 3.05) is 10.6 Å². The van der Waals surface area contributed by atoms with Crippen molar-refractivity contribution < 1.29 is 14.0 Å². The molecule has 0 fully saturated rings. The maximum atomic E-state index is 12.4. The van der Waals surface area contributed by atoms with E-state index < -0.39 is 0 Å². The lowest BCUT2D eigenvalue weighted by atomic mass is 10.2. The quantitative estimate of drug-likeness (QED) is 0.489. The molecule has 0 aliphatic heterocycles. The summed E-state index contributed by atoms with van der Waals surface area (Å²) in [4.78, 5) is 28.6. The van der Waals surface area contributed by atoms with Crippen LogP contribution in [0.1, 0.15) is 26.2 Å². The number of nitrogens with zero attached hydrogens (tertiary/aromatic N) is 1. The van der Waals surface area contributed by atoms with Gasteiger partial charge in [0.1, 0.15) is 0 Å². The first-order chi connectivity index (χ1) is 14.4. The second-order valence-electron chi connectivity index (χ2n) is 6.97. The Bertz CT molecular complexity index is 1020. The molecule has 0 atom stereocenters. The molecule has 30 heavy (non-hydrogen) atoms. The summed E-state index contributed by atoms with van der Waals surface area (Å²) in [6.45, 7) is 3.74. The minimum absolute atomic E-state index is 0.00492. The number of aryl methyl sites for hydroxylation is 1. The number of aromatic nitrogens is 1. The van der Waals surface area contributed by atoms with E-state index in [0.29, 0.717) is 34.5 Å². The molecule has 3 N–H and O–H groups in total. The van der Waals surface area contributed by atoms with E-state index in [1.807, 2.05) is 26.0 Å². The van der Waals surface area contributed by atoms with E-state index in [1.165, 1.54) is 0 Å². The van der Waals surface area contributed by atoms with Crippen LogP contribution in [-0.2, 0) is 11.2 Å². The molecule has 8 heteroatoms. The first-order valence-corrected chi connectivity index (χ1v) is 9.95. The summed E-state index contributed by atoms with van der Waals surface area (Å²) in [6.07, 6.45) is 2.17. The van der Waals surface area contributed by atoms with Gasteiger partial charge in [0.25, 0.3) is 0 Å². The maximum absolute atomic E-state index is 12.4. The molecule has 7 nitrogen and oxygen atoms in total. The maximum Gasteiger partial charge on any atom is 0.319 e. The largest absolute Gasteiger partial charge is 0.441 e. The standard InChI is InChI=1S/C22H23ClN4O3/c1-14(2)25-22(29)27-18-6-4-3-5-17(18)26-20(28)11-12-21-24-13-19(30-21)15-7-9-16(23)10-8-15/h3-10,13-14H,11-12H2,1-2H3,(H,26,28)(H2,25,27,29). The van der Waals surface area contributed by atoms with Crippen molar-refractivity contribution in [2.45, 2.75) is 32.7 Å². The summed E-state index contributed by atoms with van der Waals surface area (Å²) in [5.41, 5.74) is 1.91. The van der Waals surface area contributed by atoms with Gasteiger partial charge >= 0.3 is 6.03 Å². The van der Waals surface area contributed by atoms with Gasteiger partial charge in [0.15, 0.2) is 11.7 Å². The zero-order valence-electron chi connectivity index (χ0n) is 16.7. The number of para-hydroxylation sites is 2. The van der Waals surface area contributed by atoms with Crippen LogP contribution >= 0.6 is 11.6 Å². The monoisotopic (exact) mass is 426 g/mol. The number of oxazole rings is 1. The predicted octanol–water partition coefficient (Wildman–Crippen LogP) is 5.10. The smallest absolute Gasteiger partial charge is 0.319 e. The molecule has 0 radical (unpaired) electrons. The summed E-state index contributed by atoms with van der Waals surface area (Å²) in [7, 11) is 0. The molecule has 3 aromatic rings. The van der Waals surface area contributed by atoms with Crippen LogP contribution in [0, 0.1) is 0 Å². The topological polar surface area (TPSA) is 96.3 Å². The molecule has 3 amide bonds. The van der Waals surface area contributed by atoms with Crippen LogP contribution in [0.2, 0.25) is 5.02 Å². The van der Waals surface area contributed by atoms with Gasteiger partial charge in [0.05, 0.1) is 17.6 Å². The van der Waals surface area contributed by atoms with Gasteiger partial charge in [0.2, 0.25) is 5.91 Å². The molecule has 2 aromatic carbocycles. The molecule has 0 aliphatic carbocycles. The fourth-order valence-corrected chi connectivity index (χ4v) is 2.85. The van der Waals surface area contributed by atoms with Crippen LogP contribution in [0.5, 0.6) is 0 Å². The summed E-state index contributed by atoms with van der Waals surface area (Å²) in [6, 6.07) is 13.9. The molecule has 0 spiro atoms. The molecule has 3 rings (SSSR count). The number of urea groups is 1. The molecule has 1 aromatic heterocycles. The van der Waals surface area contributed by atoms with Gasteiger partial charge in [-0.2, -0.15) is 0 Å². The van der Waals surface area contributed by atoms with Gasteiger partial charge in [-0.05, 0) is 50.2 Å². The van der Waals surface area contributed by atoms with Crippen LogP contribution in [-0.4, -0.2) is 23.0 Å². The minimum atomic E-state index is -0.332. The first kappa shape index (κ1) is 21.4. The van der Waals surface area contributed by atoms with Crippen molar-refractivity contribution in [3.8, 4) is 11.3 Å². The van der Waals surface area contributed by atoms with Crippen molar-refractivity contribution in [3.05, 3.63) is 65.6 Å². The Morgan fingerprint density at radius 3 is 2.37 bits per heavy atom. The third kappa shape index (κ3) is 6.09. The number of nitrogens with one attached hydrogen (secondary N) is 3. The summed E-state index contributed by atoms with van der Waals surface area (Å²) in [5, 5.41) is 8.95. The molecule has 1 heterocycles. The minimum Gasteiger partial charge on any atom is -0.441 e. The van der Waals surface area contributed by atoms with Gasteiger partial charge in [-0.15, -0.1) is 0 Å². The summed E-state index contributed by atoms with van der Waals surface area (Å²) < 4.78 is 5.72. The van der Waals surface area contributed by atoms with Crippen LogP contribution < -0.4 is 16.0 Å². The number of benzene rings is 2. The van der Waals surface area contributed by atoms with E-state index >= 15 is 0 Å². The Morgan fingerprint density at radius 1 is 1.03 bits per heavy atom. The second-order valence-corrected chi connectivity index (χ2v) is 7.41. The number of halogens is 1. The predicted molar refractivity (Wildman–Crippen MR) is 118 cm³/mol. The van der Waals surface area contributed by atoms with E-state index in [2.05, 4.69) is 20.9 Å². The lowest BCUT2D eigenvalue weighted by Gasteiger charge is -2.14. The average Bonchev–Trinajstić information content (AvgIpc) is 3.17. The van der Waals surface area contributed by atoms with Crippen molar-refractivity contribution in [1.29, 1.82) is 0 Å². The van der Waals surface area contributed by atoms with Crippen molar-refractivity contribution in [2.24, 2.45) is 0 Å². The number of amides is 3. The second kappa shape index (κ2) is 9.93. The molecule has 0 aliphatic rings. The highest BCUT2D eigenvalue weighted by atomic mass is 35.5. The van der Waals surface area contributed by atoms with Gasteiger partial charge < -0.3 is 20.4 Å². The van der Waals surface area contributed by atoms with E-state index in [9.17, 15) is 9.59 Å². The Balaban J connectivity index is 1.56. The number of hydrogen-bond donors (Lipinski definition) is 3. The third-order valence-corrected chi connectivity index (χ3v) is 4.37. The highest BCUT2D eigenvalue weighted by Gasteiger charge is 2.12. The number of carbonyl (C=O) groups excluding carboxylic acids is 2. The van der Waals surface area contributed by atoms with Crippen LogP contribution in [0.3, 0.4) is 0 Å². The van der Waals surface area contributed by atoms with Crippen molar-refractivity contribution >= 4 is 34.9 Å². The van der Waals surface area contributed by atoms with Crippen molar-refractivity contribution in [3.63, 3.8) is 0 Å². The van der Waals surface area contributed by atoms with E-state index in [-0.39, 0.29) is 24.4 Å². The molecular formula is C22H23ClN4O3. The molecular weight excluding hydrogens is 404 g/mol. The molecule has 0 saturated carbocycles. The van der Waals surface area contributed by atoms with Crippen LogP contribution in [0.15, 0.2) is 59.1 Å². The Morgan fingerprint density at radius 2 is 1.70 bits per heavy atom.